The Hall–Kier alpha value is -1.33. The lowest BCUT2D eigenvalue weighted by molar-refractivity contribution is -0.394. The zero-order valence-corrected chi connectivity index (χ0v) is 23.7. The van der Waals surface area contributed by atoms with Crippen molar-refractivity contribution in [3.05, 3.63) is 0 Å². The predicted octanol–water partition coefficient (Wildman–Crippen LogP) is -9.66. The Morgan fingerprint density at radius 1 is 0.457 bits per heavy atom. The molecule has 4 rings (SSSR count). The van der Waals surface area contributed by atoms with E-state index in [2.05, 4.69) is 0 Å². The summed E-state index contributed by atoms with van der Waals surface area (Å²) >= 11 is 0. The molecule has 22 heteroatoms. The van der Waals surface area contributed by atoms with Crippen LogP contribution in [0.15, 0.2) is 0 Å². The average Bonchev–Trinajstić information content (AvgIpc) is 3.03. The summed E-state index contributed by atoms with van der Waals surface area (Å²) in [4.78, 5) is 12.1. The first kappa shape index (κ1) is 37.5. The second kappa shape index (κ2) is 15.5. The maximum absolute atomic E-state index is 12.1. The molecule has 20 atom stereocenters. The molecule has 0 spiro atoms. The highest BCUT2D eigenvalue weighted by Gasteiger charge is 2.56. The van der Waals surface area contributed by atoms with Gasteiger partial charge in [0.2, 0.25) is 0 Å². The number of hydrogen-bond donors (Lipinski definition) is 14. The summed E-state index contributed by atoms with van der Waals surface area (Å²) in [6, 6.07) is 0. The molecule has 0 aliphatic carbocycles. The molecule has 268 valence electrons. The SMILES string of the molecule is O=C(O)[C@H]1OC(O)[C@H](O[C@@H]2O[C@H](CO)[C@H](O)[C@H](O)[C@H]2O)[C@@H](O)[C@@H]1O[C@@H]1O[C@H](CO)[C@H](O)[C@H](O)[C@H]1O[C@@H]1O[C@H](CO)[C@@H](O)[C@H](O)[C@H]1O. The number of carboxylic acids is 1. The second-order valence-corrected chi connectivity index (χ2v) is 11.2. The molecule has 4 heterocycles. The highest BCUT2D eigenvalue weighted by atomic mass is 16.8. The Labute approximate surface area is 258 Å². The summed E-state index contributed by atoms with van der Waals surface area (Å²) in [7, 11) is 0. The lowest BCUT2D eigenvalue weighted by Gasteiger charge is -2.48. The average molecular weight is 681 g/mol. The fourth-order valence-corrected chi connectivity index (χ4v) is 5.47. The highest BCUT2D eigenvalue weighted by Crippen LogP contribution is 2.34. The van der Waals surface area contributed by atoms with Gasteiger partial charge in [-0.3, -0.25) is 0 Å². The van der Waals surface area contributed by atoms with Crippen LogP contribution in [0.2, 0.25) is 0 Å². The van der Waals surface area contributed by atoms with Crippen molar-refractivity contribution in [2.45, 2.75) is 123 Å². The van der Waals surface area contributed by atoms with Crippen molar-refractivity contribution in [2.24, 2.45) is 0 Å². The molecular formula is C24H40O22. The third-order valence-corrected chi connectivity index (χ3v) is 8.18. The minimum absolute atomic E-state index is 0.862. The van der Waals surface area contributed by atoms with Gasteiger partial charge in [-0.15, -0.1) is 0 Å². The van der Waals surface area contributed by atoms with Gasteiger partial charge < -0.3 is 105 Å². The maximum atomic E-state index is 12.1. The summed E-state index contributed by atoms with van der Waals surface area (Å²) in [5, 5.41) is 142. The lowest BCUT2D eigenvalue weighted by atomic mass is 9.95. The van der Waals surface area contributed by atoms with E-state index in [0.717, 1.165) is 0 Å². The summed E-state index contributed by atoms with van der Waals surface area (Å²) in [6.07, 6.45) is -39.0. The molecule has 4 saturated heterocycles. The Bertz CT molecular complexity index is 988. The Balaban J connectivity index is 1.60. The Kier molecular flexibility index (Phi) is 12.6. The molecule has 0 saturated carbocycles. The van der Waals surface area contributed by atoms with Gasteiger partial charge in [-0.25, -0.2) is 4.79 Å². The third kappa shape index (κ3) is 7.31. The van der Waals surface area contributed by atoms with Gasteiger partial charge in [0.25, 0.3) is 0 Å². The van der Waals surface area contributed by atoms with Gasteiger partial charge in [0.05, 0.1) is 19.8 Å². The molecular weight excluding hydrogens is 640 g/mol. The van der Waals surface area contributed by atoms with E-state index in [1.165, 1.54) is 0 Å². The molecule has 0 aromatic heterocycles. The smallest absolute Gasteiger partial charge is 0.335 e. The van der Waals surface area contributed by atoms with Crippen LogP contribution >= 0.6 is 0 Å². The summed E-state index contributed by atoms with van der Waals surface area (Å²) in [6.45, 7) is -2.68. The molecule has 4 aliphatic heterocycles. The molecule has 46 heavy (non-hydrogen) atoms. The quantitative estimate of drug-likeness (QED) is 0.102. The zero-order chi connectivity index (χ0) is 34.2. The number of aliphatic carboxylic acids is 1. The van der Waals surface area contributed by atoms with E-state index in [9.17, 15) is 76.3 Å². The van der Waals surface area contributed by atoms with E-state index >= 15 is 0 Å². The van der Waals surface area contributed by atoms with E-state index in [1.54, 1.807) is 0 Å². The van der Waals surface area contributed by atoms with Gasteiger partial charge >= 0.3 is 5.97 Å². The van der Waals surface area contributed by atoms with Crippen LogP contribution in [0.1, 0.15) is 0 Å². The van der Waals surface area contributed by atoms with E-state index < -0.39 is 149 Å². The van der Waals surface area contributed by atoms with Crippen molar-refractivity contribution in [3.63, 3.8) is 0 Å². The van der Waals surface area contributed by atoms with Crippen molar-refractivity contribution >= 4 is 5.97 Å². The largest absolute Gasteiger partial charge is 0.479 e. The lowest BCUT2D eigenvalue weighted by Crippen LogP contribution is -2.68. The van der Waals surface area contributed by atoms with Gasteiger partial charge in [0, 0.05) is 0 Å². The predicted molar refractivity (Wildman–Crippen MR) is 134 cm³/mol. The zero-order valence-electron chi connectivity index (χ0n) is 23.7. The molecule has 0 amide bonds. The van der Waals surface area contributed by atoms with Crippen molar-refractivity contribution in [2.75, 3.05) is 19.8 Å². The molecule has 4 aliphatic rings. The standard InChI is InChI=1S/C24H40O22/c25-1-4-7(28)10(31)13(34)22(40-4)45-17-15(36)16(19(20(37)38)43-21(17)39)44-24-18(12(33)9(30)6(3-27)42-24)46-23-14(35)11(32)8(29)5(2-26)41-23/h4-19,21-36,39H,1-3H2,(H,37,38)/t4-,5-,6-,7+,8-,9+,10+,11+,12+,13-,14-,15+,16+,17-,18-,19+,21?,22+,23+,24+/m1/s1. The molecule has 1 unspecified atom stereocenters. The van der Waals surface area contributed by atoms with Crippen molar-refractivity contribution in [1.29, 1.82) is 0 Å². The number of aliphatic hydroxyl groups is 13. The Morgan fingerprint density at radius 3 is 1.28 bits per heavy atom. The van der Waals surface area contributed by atoms with E-state index in [0.29, 0.717) is 0 Å². The van der Waals surface area contributed by atoms with E-state index in [1.807, 2.05) is 0 Å². The van der Waals surface area contributed by atoms with Crippen LogP contribution in [0, 0.1) is 0 Å². The van der Waals surface area contributed by atoms with Crippen molar-refractivity contribution < 1.29 is 109 Å². The van der Waals surface area contributed by atoms with Crippen LogP contribution in [-0.4, -0.2) is 220 Å². The number of rotatable bonds is 10. The first-order chi connectivity index (χ1) is 21.7. The van der Waals surface area contributed by atoms with Crippen LogP contribution in [0.5, 0.6) is 0 Å². The molecule has 4 fully saturated rings. The normalized spacial score (nSPS) is 51.9. The fraction of sp³-hybridized carbons (Fsp3) is 0.958. The van der Waals surface area contributed by atoms with Gasteiger partial charge in [0.15, 0.2) is 31.3 Å². The Morgan fingerprint density at radius 2 is 0.848 bits per heavy atom. The summed E-state index contributed by atoms with van der Waals surface area (Å²) in [5.74, 6) is -1.82. The van der Waals surface area contributed by atoms with Crippen LogP contribution < -0.4 is 0 Å². The third-order valence-electron chi connectivity index (χ3n) is 8.18. The highest BCUT2D eigenvalue weighted by molar-refractivity contribution is 5.73. The number of ether oxygens (including phenoxy) is 7. The van der Waals surface area contributed by atoms with Crippen molar-refractivity contribution in [1.82, 2.24) is 0 Å². The number of carboxylic acid groups (broad SMARTS) is 1. The van der Waals surface area contributed by atoms with Gasteiger partial charge in [-0.1, -0.05) is 0 Å². The number of aliphatic hydroxyl groups excluding tert-OH is 13. The second-order valence-electron chi connectivity index (χ2n) is 11.2. The molecule has 14 N–H and O–H groups in total. The molecule has 0 aromatic carbocycles. The van der Waals surface area contributed by atoms with Gasteiger partial charge in [-0.2, -0.15) is 0 Å². The minimum atomic E-state index is -2.27. The van der Waals surface area contributed by atoms with E-state index in [4.69, 9.17) is 33.2 Å². The number of hydrogen-bond acceptors (Lipinski definition) is 21. The minimum Gasteiger partial charge on any atom is -0.479 e. The maximum Gasteiger partial charge on any atom is 0.335 e. The monoisotopic (exact) mass is 680 g/mol. The molecule has 0 radical (unpaired) electrons. The fourth-order valence-electron chi connectivity index (χ4n) is 5.47. The van der Waals surface area contributed by atoms with E-state index in [-0.39, 0.29) is 0 Å². The van der Waals surface area contributed by atoms with Gasteiger partial charge in [0.1, 0.15) is 91.6 Å². The van der Waals surface area contributed by atoms with Crippen LogP contribution in [0.3, 0.4) is 0 Å². The first-order valence-electron chi connectivity index (χ1n) is 14.1. The molecule has 0 bridgehead atoms. The number of carbonyl (C=O) groups is 1. The molecule has 0 aromatic rings. The summed E-state index contributed by atoms with van der Waals surface area (Å²) < 4.78 is 37.5. The van der Waals surface area contributed by atoms with Crippen LogP contribution in [-0.2, 0) is 38.0 Å². The topological polar surface area (TPSA) is 365 Å². The summed E-state index contributed by atoms with van der Waals surface area (Å²) in [5.41, 5.74) is 0. The van der Waals surface area contributed by atoms with Crippen molar-refractivity contribution in [3.8, 4) is 0 Å². The molecule has 22 nitrogen and oxygen atoms in total. The first-order valence-corrected chi connectivity index (χ1v) is 14.1. The van der Waals surface area contributed by atoms with Crippen LogP contribution in [0.25, 0.3) is 0 Å². The van der Waals surface area contributed by atoms with Crippen LogP contribution in [0.4, 0.5) is 0 Å². The van der Waals surface area contributed by atoms with Gasteiger partial charge in [-0.05, 0) is 0 Å².